The van der Waals surface area contributed by atoms with Crippen LogP contribution in [0, 0.1) is 0 Å². The molecule has 1 unspecified atom stereocenters. The van der Waals surface area contributed by atoms with Crippen LogP contribution in [-0.4, -0.2) is 36.8 Å². The molecule has 6 nitrogen and oxygen atoms in total. The summed E-state index contributed by atoms with van der Waals surface area (Å²) in [5.74, 6) is 1.68. The Labute approximate surface area is 195 Å². The number of nitrogens with one attached hydrogen (secondary N) is 1. The van der Waals surface area contributed by atoms with Crippen LogP contribution in [0.25, 0.3) is 0 Å². The molecule has 0 aromatic heterocycles. The zero-order valence-electron chi connectivity index (χ0n) is 18.4. The third-order valence-electron chi connectivity index (χ3n) is 5.78. The Bertz CT molecular complexity index is 840. The number of hydrogen-bond acceptors (Lipinski definition) is 6. The van der Waals surface area contributed by atoms with Crippen molar-refractivity contribution in [1.29, 1.82) is 0 Å². The second-order valence-electron chi connectivity index (χ2n) is 8.20. The van der Waals surface area contributed by atoms with Crippen LogP contribution in [0.4, 0.5) is 0 Å². The molecule has 176 valence electrons. The number of halogens is 1. The van der Waals surface area contributed by atoms with Gasteiger partial charge in [-0.05, 0) is 80.7 Å². The second-order valence-corrected chi connectivity index (χ2v) is 11.2. The topological polar surface area (TPSA) is 77.0 Å². The number of benzene rings is 2. The predicted octanol–water partition coefficient (Wildman–Crippen LogP) is 6.11. The number of rotatable bonds is 13. The van der Waals surface area contributed by atoms with Gasteiger partial charge in [-0.15, -0.1) is 0 Å². The first-order valence-corrected chi connectivity index (χ1v) is 13.5. The van der Waals surface area contributed by atoms with Crippen molar-refractivity contribution in [2.45, 2.75) is 50.6 Å². The van der Waals surface area contributed by atoms with Gasteiger partial charge in [-0.3, -0.25) is 4.57 Å². The largest absolute Gasteiger partial charge is 0.508 e. The summed E-state index contributed by atoms with van der Waals surface area (Å²) in [6.07, 6.45) is 6.94. The van der Waals surface area contributed by atoms with Gasteiger partial charge in [-0.2, -0.15) is 0 Å². The molecule has 1 aliphatic rings. The van der Waals surface area contributed by atoms with E-state index < -0.39 is 7.37 Å². The van der Waals surface area contributed by atoms with E-state index >= 15 is 0 Å². The lowest BCUT2D eigenvalue weighted by Gasteiger charge is -2.27. The highest BCUT2D eigenvalue weighted by Gasteiger charge is 2.36. The minimum atomic E-state index is -2.99. The van der Waals surface area contributed by atoms with E-state index in [1.807, 2.05) is 24.3 Å². The fraction of sp³-hybridized carbons (Fsp3) is 0.500. The first-order valence-electron chi connectivity index (χ1n) is 11.3. The van der Waals surface area contributed by atoms with Crippen molar-refractivity contribution >= 4 is 19.2 Å². The molecule has 0 amide bonds. The lowest BCUT2D eigenvalue weighted by Crippen LogP contribution is -2.20. The van der Waals surface area contributed by atoms with E-state index in [1.165, 1.54) is 12.0 Å². The van der Waals surface area contributed by atoms with Crippen LogP contribution in [-0.2, 0) is 15.1 Å². The first kappa shape index (κ1) is 24.9. The van der Waals surface area contributed by atoms with Gasteiger partial charge in [-0.1, -0.05) is 31.4 Å². The van der Waals surface area contributed by atoms with Gasteiger partial charge in [0.25, 0.3) is 7.37 Å². The van der Waals surface area contributed by atoms with Crippen LogP contribution in [0.1, 0.15) is 44.1 Å². The highest BCUT2D eigenvalue weighted by molar-refractivity contribution is 7.60. The Balaban J connectivity index is 1.30. The van der Waals surface area contributed by atoms with Gasteiger partial charge in [0.15, 0.2) is 6.35 Å². The smallest absolute Gasteiger partial charge is 0.259 e. The van der Waals surface area contributed by atoms with Crippen LogP contribution >= 0.6 is 19.2 Å². The first-order chi connectivity index (χ1) is 15.6. The van der Waals surface area contributed by atoms with Crippen LogP contribution < -0.4 is 14.8 Å². The Kier molecular flexibility index (Phi) is 10.2. The van der Waals surface area contributed by atoms with E-state index in [9.17, 15) is 9.67 Å². The molecule has 0 saturated heterocycles. The van der Waals surface area contributed by atoms with E-state index in [0.717, 1.165) is 57.4 Å². The molecule has 0 radical (unpaired) electrons. The summed E-state index contributed by atoms with van der Waals surface area (Å²) in [5.41, 5.74) is 1.21. The van der Waals surface area contributed by atoms with Gasteiger partial charge in [0, 0.05) is 5.66 Å². The average molecular weight is 482 g/mol. The van der Waals surface area contributed by atoms with Crippen LogP contribution in [0.3, 0.4) is 0 Å². The highest BCUT2D eigenvalue weighted by Crippen LogP contribution is 2.57. The number of phenolic OH excluding ortho intramolecular Hbond substituents is 1. The van der Waals surface area contributed by atoms with Gasteiger partial charge < -0.3 is 19.9 Å². The summed E-state index contributed by atoms with van der Waals surface area (Å²) in [6.45, 7) is 2.37. The van der Waals surface area contributed by atoms with Crippen molar-refractivity contribution in [3.8, 4) is 17.2 Å². The quantitative estimate of drug-likeness (QED) is 0.265. The monoisotopic (exact) mass is 481 g/mol. The van der Waals surface area contributed by atoms with Crippen molar-refractivity contribution in [1.82, 2.24) is 5.32 Å². The summed E-state index contributed by atoms with van der Waals surface area (Å²) >= 11 is 5.61. The Hall–Kier alpha value is -1.72. The zero-order chi connectivity index (χ0) is 22.7. The molecule has 0 aliphatic heterocycles. The number of hydrogen-bond donors (Lipinski definition) is 2. The molecule has 1 atom stereocenters. The lowest BCUT2D eigenvalue weighted by atomic mass is 10.0. The maximum absolute atomic E-state index is 13.0. The summed E-state index contributed by atoms with van der Waals surface area (Å²) in [7, 11) is -2.99. The molecular formula is C24H33ClNO5P. The molecule has 1 aliphatic carbocycles. The fourth-order valence-electron chi connectivity index (χ4n) is 3.86. The number of ether oxygens (including phenoxy) is 2. The third kappa shape index (κ3) is 8.00. The summed E-state index contributed by atoms with van der Waals surface area (Å²) in [4.78, 5) is 0. The molecule has 1 saturated carbocycles. The Morgan fingerprint density at radius 3 is 2.28 bits per heavy atom. The SMILES string of the molecule is O=P(COc1ccc(CCNCCCOc2ccc(O)cc2)cc1)(OCl)C1CCCCC1. The standard InChI is InChI=1S/C24H33ClNO5P/c25-31-32(28,24-5-2-1-3-6-24)19-30-23-11-7-20(8-12-23)15-17-26-16-4-18-29-22-13-9-21(27)10-14-22/h7-14,24,26-27H,1-6,15-19H2. The average Bonchev–Trinajstić information content (AvgIpc) is 2.84. The van der Waals surface area contributed by atoms with Crippen molar-refractivity contribution in [3.63, 3.8) is 0 Å². The fourth-order valence-corrected chi connectivity index (χ4v) is 6.16. The lowest BCUT2D eigenvalue weighted by molar-refractivity contribution is 0.308. The van der Waals surface area contributed by atoms with Crippen molar-refractivity contribution in [2.24, 2.45) is 0 Å². The van der Waals surface area contributed by atoms with Gasteiger partial charge >= 0.3 is 0 Å². The van der Waals surface area contributed by atoms with Crippen LogP contribution in [0.5, 0.6) is 17.2 Å². The minimum Gasteiger partial charge on any atom is -0.508 e. The van der Waals surface area contributed by atoms with E-state index in [2.05, 4.69) is 5.32 Å². The minimum absolute atomic E-state index is 0.00517. The second kappa shape index (κ2) is 13.1. The maximum Gasteiger partial charge on any atom is 0.259 e. The highest BCUT2D eigenvalue weighted by atomic mass is 35.5. The normalized spacial score (nSPS) is 16.4. The molecule has 2 N–H and O–H groups in total. The van der Waals surface area contributed by atoms with Crippen molar-refractivity contribution < 1.29 is 23.2 Å². The van der Waals surface area contributed by atoms with Crippen molar-refractivity contribution in [2.75, 3.05) is 26.0 Å². The molecule has 0 heterocycles. The van der Waals surface area contributed by atoms with E-state index in [-0.39, 0.29) is 17.8 Å². The molecule has 8 heteroatoms. The molecule has 3 rings (SSSR count). The van der Waals surface area contributed by atoms with Gasteiger partial charge in [-0.25, -0.2) is 4.08 Å². The molecule has 1 fully saturated rings. The van der Waals surface area contributed by atoms with E-state index in [1.54, 1.807) is 24.3 Å². The van der Waals surface area contributed by atoms with E-state index in [4.69, 9.17) is 25.4 Å². The number of aromatic hydroxyl groups is 1. The summed E-state index contributed by atoms with van der Waals surface area (Å²) in [5, 5.41) is 12.7. The van der Waals surface area contributed by atoms with Crippen LogP contribution in [0.2, 0.25) is 0 Å². The van der Waals surface area contributed by atoms with Crippen LogP contribution in [0.15, 0.2) is 48.5 Å². The molecule has 32 heavy (non-hydrogen) atoms. The van der Waals surface area contributed by atoms with Gasteiger partial charge in [0.05, 0.1) is 18.5 Å². The molecular weight excluding hydrogens is 449 g/mol. The van der Waals surface area contributed by atoms with E-state index in [0.29, 0.717) is 12.4 Å². The maximum atomic E-state index is 13.0. The summed E-state index contributed by atoms with van der Waals surface area (Å²) < 4.78 is 29.3. The summed E-state index contributed by atoms with van der Waals surface area (Å²) in [6, 6.07) is 14.6. The zero-order valence-corrected chi connectivity index (χ0v) is 20.0. The number of phenols is 1. The predicted molar refractivity (Wildman–Crippen MR) is 128 cm³/mol. The van der Waals surface area contributed by atoms with Crippen molar-refractivity contribution in [3.05, 3.63) is 54.1 Å². The molecule has 2 aromatic carbocycles. The Morgan fingerprint density at radius 2 is 1.59 bits per heavy atom. The van der Waals surface area contributed by atoms with Gasteiger partial charge in [0.2, 0.25) is 0 Å². The molecule has 0 bridgehead atoms. The molecule has 2 aromatic rings. The third-order valence-corrected chi connectivity index (χ3v) is 8.83. The van der Waals surface area contributed by atoms with Gasteiger partial charge in [0.1, 0.15) is 17.2 Å². The molecule has 0 spiro atoms. The Morgan fingerprint density at radius 1 is 0.938 bits per heavy atom.